The van der Waals surface area contributed by atoms with Crippen LogP contribution in [-0.4, -0.2) is 19.9 Å². The SMILES string of the molecule is C1=Cc2c(c3cc4nc(cc5ccc(cc6nc(cc2[nH]3)-c2ccccc2-6)[nH]5)-c2ccccc2-4)CC1. The largest absolute Gasteiger partial charge is 0.355 e. The molecule has 8 rings (SSSR count). The lowest BCUT2D eigenvalue weighted by Gasteiger charge is -2.05. The molecule has 0 atom stereocenters. The van der Waals surface area contributed by atoms with Crippen molar-refractivity contribution < 1.29 is 0 Å². The number of aromatic nitrogens is 4. The Morgan fingerprint density at radius 1 is 0.556 bits per heavy atom. The van der Waals surface area contributed by atoms with Gasteiger partial charge in [0, 0.05) is 49.9 Å². The number of hydrogen-bond acceptors (Lipinski definition) is 2. The Morgan fingerprint density at radius 2 is 1.08 bits per heavy atom. The summed E-state index contributed by atoms with van der Waals surface area (Å²) in [4.78, 5) is 17.4. The van der Waals surface area contributed by atoms with Crippen molar-refractivity contribution in [3.63, 3.8) is 0 Å². The van der Waals surface area contributed by atoms with Crippen molar-refractivity contribution in [2.45, 2.75) is 12.8 Å². The monoisotopic (exact) mass is 462 g/mol. The van der Waals surface area contributed by atoms with E-state index < -0.39 is 0 Å². The van der Waals surface area contributed by atoms with Crippen molar-refractivity contribution in [2.24, 2.45) is 0 Å². The lowest BCUT2D eigenvalue weighted by Crippen LogP contribution is -1.89. The zero-order valence-corrected chi connectivity index (χ0v) is 19.5. The molecular formula is C32H22N4. The predicted molar refractivity (Wildman–Crippen MR) is 147 cm³/mol. The minimum Gasteiger partial charge on any atom is -0.355 e. The summed E-state index contributed by atoms with van der Waals surface area (Å²) in [5.74, 6) is 0. The predicted octanol–water partition coefficient (Wildman–Crippen LogP) is 7.94. The highest BCUT2D eigenvalue weighted by molar-refractivity contribution is 5.92. The molecule has 4 heteroatoms. The molecule has 4 nitrogen and oxygen atoms in total. The van der Waals surface area contributed by atoms with Gasteiger partial charge in [0.25, 0.3) is 0 Å². The average molecular weight is 463 g/mol. The van der Waals surface area contributed by atoms with Crippen LogP contribution in [0.25, 0.3) is 73.2 Å². The maximum absolute atomic E-state index is 5.09. The summed E-state index contributed by atoms with van der Waals surface area (Å²) in [6.07, 6.45) is 6.58. The van der Waals surface area contributed by atoms with Crippen LogP contribution >= 0.6 is 0 Å². The summed E-state index contributed by atoms with van der Waals surface area (Å²) in [5.41, 5.74) is 15.4. The highest BCUT2D eigenvalue weighted by Gasteiger charge is 2.19. The number of rotatable bonds is 0. The van der Waals surface area contributed by atoms with Crippen LogP contribution in [0.1, 0.15) is 17.5 Å². The Kier molecular flexibility index (Phi) is 4.03. The fourth-order valence-electron chi connectivity index (χ4n) is 5.69. The summed E-state index contributed by atoms with van der Waals surface area (Å²) < 4.78 is 0. The number of allylic oxidation sites excluding steroid dienone is 1. The molecule has 5 heterocycles. The number of H-pyrrole nitrogens is 2. The molecule has 170 valence electrons. The normalized spacial score (nSPS) is 13.2. The quantitative estimate of drug-likeness (QED) is 0.240. The number of nitrogens with zero attached hydrogens (tertiary/aromatic N) is 2. The molecule has 1 aliphatic carbocycles. The molecule has 2 N–H and O–H groups in total. The van der Waals surface area contributed by atoms with Gasteiger partial charge in [0.2, 0.25) is 0 Å². The molecule has 36 heavy (non-hydrogen) atoms. The molecule has 3 aliphatic rings. The van der Waals surface area contributed by atoms with Gasteiger partial charge < -0.3 is 9.97 Å². The summed E-state index contributed by atoms with van der Waals surface area (Å²) in [5, 5.41) is 0. The van der Waals surface area contributed by atoms with Crippen LogP contribution in [0.5, 0.6) is 0 Å². The van der Waals surface area contributed by atoms with E-state index >= 15 is 0 Å². The fraction of sp³-hybridized carbons (Fsp3) is 0.0625. The van der Waals surface area contributed by atoms with Gasteiger partial charge in [-0.2, -0.15) is 0 Å². The molecule has 3 aromatic heterocycles. The topological polar surface area (TPSA) is 57.4 Å². The molecule has 0 saturated carbocycles. The van der Waals surface area contributed by atoms with Gasteiger partial charge in [0.15, 0.2) is 0 Å². The van der Waals surface area contributed by atoms with Gasteiger partial charge in [0.05, 0.1) is 22.8 Å². The van der Waals surface area contributed by atoms with Gasteiger partial charge in [0.1, 0.15) is 0 Å². The van der Waals surface area contributed by atoms with Crippen LogP contribution < -0.4 is 0 Å². The smallest absolute Gasteiger partial charge is 0.0737 e. The Labute approximate surface area is 208 Å². The minimum atomic E-state index is 0.972. The first kappa shape index (κ1) is 19.6. The number of nitrogens with one attached hydrogen (secondary N) is 2. The third-order valence-electron chi connectivity index (χ3n) is 7.37. The molecule has 0 fully saturated rings. The maximum Gasteiger partial charge on any atom is 0.0737 e. The number of benzene rings is 2. The van der Waals surface area contributed by atoms with Crippen LogP contribution in [0.4, 0.5) is 0 Å². The second-order valence-corrected chi connectivity index (χ2v) is 9.59. The number of aromatic amines is 2. The van der Waals surface area contributed by atoms with E-state index in [4.69, 9.17) is 9.97 Å². The van der Waals surface area contributed by atoms with Crippen LogP contribution in [0.3, 0.4) is 0 Å². The summed E-state index contributed by atoms with van der Waals surface area (Å²) >= 11 is 0. The van der Waals surface area contributed by atoms with Gasteiger partial charge in [-0.1, -0.05) is 60.7 Å². The highest BCUT2D eigenvalue weighted by atomic mass is 14.8. The third-order valence-corrected chi connectivity index (χ3v) is 7.37. The molecule has 0 saturated heterocycles. The van der Waals surface area contributed by atoms with Crippen LogP contribution in [0.15, 0.2) is 91.0 Å². The van der Waals surface area contributed by atoms with E-state index in [-0.39, 0.29) is 0 Å². The number of fused-ring (bicyclic) bond motifs is 17. The summed E-state index contributed by atoms with van der Waals surface area (Å²) in [6, 6.07) is 29.9. The van der Waals surface area contributed by atoms with Crippen molar-refractivity contribution in [3.8, 4) is 45.0 Å². The third kappa shape index (κ3) is 2.94. The first-order chi connectivity index (χ1) is 17.8. The van der Waals surface area contributed by atoms with Crippen LogP contribution in [-0.2, 0) is 6.42 Å². The molecule has 8 bridgehead atoms. The Hall–Kier alpha value is -4.70. The second kappa shape index (κ2) is 7.40. The van der Waals surface area contributed by atoms with E-state index in [1.165, 1.54) is 16.7 Å². The molecule has 0 radical (unpaired) electrons. The molecule has 2 aliphatic heterocycles. The average Bonchev–Trinajstić information content (AvgIpc) is 3.67. The zero-order valence-electron chi connectivity index (χ0n) is 19.5. The van der Waals surface area contributed by atoms with E-state index in [1.807, 2.05) is 0 Å². The first-order valence-corrected chi connectivity index (χ1v) is 12.4. The molecule has 0 spiro atoms. The van der Waals surface area contributed by atoms with E-state index in [0.29, 0.717) is 0 Å². The minimum absolute atomic E-state index is 0.972. The van der Waals surface area contributed by atoms with Gasteiger partial charge in [-0.25, -0.2) is 9.97 Å². The molecule has 0 unspecified atom stereocenters. The highest BCUT2D eigenvalue weighted by Crippen LogP contribution is 2.39. The zero-order chi connectivity index (χ0) is 23.6. The maximum atomic E-state index is 5.09. The lowest BCUT2D eigenvalue weighted by molar-refractivity contribution is 1.00. The van der Waals surface area contributed by atoms with Crippen molar-refractivity contribution in [1.29, 1.82) is 0 Å². The molecular weight excluding hydrogens is 440 g/mol. The van der Waals surface area contributed by atoms with Gasteiger partial charge in [-0.15, -0.1) is 0 Å². The van der Waals surface area contributed by atoms with Crippen LogP contribution in [0, 0.1) is 0 Å². The summed E-state index contributed by atoms with van der Waals surface area (Å²) in [6.45, 7) is 0. The first-order valence-electron chi connectivity index (χ1n) is 12.4. The van der Waals surface area contributed by atoms with E-state index in [2.05, 4.69) is 107 Å². The standard InChI is InChI=1S/C32H22N4/c1-3-9-23-21(7-1)27-15-19-13-14-20(33-19)16-28-22-8-2-4-10-24(22)30(35-28)18-32-26-12-6-5-11-25(26)31(36-32)17-29(23)34-27/h1-5,7-11,13-18,33,36H,6,12H2. The second-order valence-electron chi connectivity index (χ2n) is 9.59. The van der Waals surface area contributed by atoms with Crippen molar-refractivity contribution in [2.75, 3.05) is 0 Å². The number of aryl methyl sites for hydroxylation is 1. The Morgan fingerprint density at radius 3 is 1.67 bits per heavy atom. The van der Waals surface area contributed by atoms with Crippen molar-refractivity contribution in [3.05, 3.63) is 102 Å². The number of hydrogen-bond donors (Lipinski definition) is 2. The van der Waals surface area contributed by atoms with E-state index in [0.717, 1.165) is 74.4 Å². The Balaban J connectivity index is 1.54. The molecule has 5 aromatic rings. The molecule has 2 aromatic carbocycles. The Bertz CT molecular complexity index is 1900. The van der Waals surface area contributed by atoms with E-state index in [1.54, 1.807) is 0 Å². The summed E-state index contributed by atoms with van der Waals surface area (Å²) in [7, 11) is 0. The van der Waals surface area contributed by atoms with E-state index in [9.17, 15) is 0 Å². The fourth-order valence-corrected chi connectivity index (χ4v) is 5.69. The van der Waals surface area contributed by atoms with Gasteiger partial charge >= 0.3 is 0 Å². The van der Waals surface area contributed by atoms with Crippen LogP contribution in [0.2, 0.25) is 0 Å². The van der Waals surface area contributed by atoms with Gasteiger partial charge in [-0.05, 0) is 54.8 Å². The molecule has 0 amide bonds. The van der Waals surface area contributed by atoms with Crippen molar-refractivity contribution >= 4 is 28.1 Å². The van der Waals surface area contributed by atoms with Gasteiger partial charge in [-0.3, -0.25) is 0 Å². The van der Waals surface area contributed by atoms with Crippen molar-refractivity contribution in [1.82, 2.24) is 19.9 Å². The lowest BCUT2D eigenvalue weighted by atomic mass is 9.98.